The number of aryl methyl sites for hydroxylation is 2. The van der Waals surface area contributed by atoms with Crippen LogP contribution in [0.5, 0.6) is 0 Å². The van der Waals surface area contributed by atoms with Gasteiger partial charge in [-0.25, -0.2) is 0 Å². The minimum atomic E-state index is -0.448. The van der Waals surface area contributed by atoms with Crippen LogP contribution in [0, 0.1) is 10.1 Å². The summed E-state index contributed by atoms with van der Waals surface area (Å²) < 4.78 is 1.80. The third-order valence-corrected chi connectivity index (χ3v) is 4.82. The molecule has 0 saturated heterocycles. The van der Waals surface area contributed by atoms with E-state index in [4.69, 9.17) is 0 Å². The van der Waals surface area contributed by atoms with Gasteiger partial charge in [-0.15, -0.1) is 11.8 Å². The fourth-order valence-electron chi connectivity index (χ4n) is 2.45. The van der Waals surface area contributed by atoms with Gasteiger partial charge in [-0.2, -0.15) is 5.10 Å². The molecule has 27 heavy (non-hydrogen) atoms. The van der Waals surface area contributed by atoms with Crippen molar-refractivity contribution >= 4 is 29.0 Å². The van der Waals surface area contributed by atoms with E-state index in [1.54, 1.807) is 29.2 Å². The highest BCUT2D eigenvalue weighted by Gasteiger charge is 2.08. The molecule has 8 heteroatoms. The Kier molecular flexibility index (Phi) is 6.22. The Labute approximate surface area is 160 Å². The lowest BCUT2D eigenvalue weighted by Gasteiger charge is -2.03. The van der Waals surface area contributed by atoms with Gasteiger partial charge in [0.25, 0.3) is 5.69 Å². The Morgan fingerprint density at radius 1 is 1.15 bits per heavy atom. The summed E-state index contributed by atoms with van der Waals surface area (Å²) in [5.41, 5.74) is 1.92. The number of anilines is 1. The number of amides is 1. The van der Waals surface area contributed by atoms with Crippen LogP contribution in [0.1, 0.15) is 5.56 Å². The number of hydrogen-bond donors (Lipinski definition) is 1. The third-order valence-electron chi connectivity index (χ3n) is 3.81. The molecule has 0 spiro atoms. The number of nitrogens with one attached hydrogen (secondary N) is 1. The molecule has 1 heterocycles. The summed E-state index contributed by atoms with van der Waals surface area (Å²) in [4.78, 5) is 23.1. The van der Waals surface area contributed by atoms with Gasteiger partial charge in [-0.1, -0.05) is 30.3 Å². The van der Waals surface area contributed by atoms with E-state index in [-0.39, 0.29) is 17.3 Å². The second-order valence-electron chi connectivity index (χ2n) is 5.82. The predicted octanol–water partition coefficient (Wildman–Crippen LogP) is 3.76. The summed E-state index contributed by atoms with van der Waals surface area (Å²) in [6.45, 7) is 0.734. The van der Waals surface area contributed by atoms with Crippen molar-refractivity contribution in [3.8, 4) is 0 Å². The Hall–Kier alpha value is -3.13. The van der Waals surface area contributed by atoms with Crippen molar-refractivity contribution in [3.63, 3.8) is 0 Å². The third kappa shape index (κ3) is 5.68. The number of carbonyl (C=O) groups excluding carboxylic acids is 1. The minimum Gasteiger partial charge on any atom is -0.323 e. The molecule has 7 nitrogen and oxygen atoms in total. The van der Waals surface area contributed by atoms with Crippen LogP contribution in [-0.2, 0) is 17.8 Å². The number of benzene rings is 2. The van der Waals surface area contributed by atoms with Gasteiger partial charge < -0.3 is 5.32 Å². The predicted molar refractivity (Wildman–Crippen MR) is 105 cm³/mol. The number of carbonyl (C=O) groups is 1. The van der Waals surface area contributed by atoms with Crippen LogP contribution in [0.2, 0.25) is 0 Å². The van der Waals surface area contributed by atoms with Crippen LogP contribution in [0.4, 0.5) is 11.4 Å². The van der Waals surface area contributed by atoms with Crippen LogP contribution in [-0.4, -0.2) is 26.4 Å². The standard InChI is InChI=1S/C19H18N4O3S/c24-19(14-27-18-8-6-17(7-9-18)23(25)26)21-16-12-20-22(13-16)11-10-15-4-2-1-3-5-15/h1-9,12-13H,10-11,14H2,(H,21,24). The average molecular weight is 382 g/mol. The SMILES string of the molecule is O=C(CSc1ccc([N+](=O)[O-])cc1)Nc1cnn(CCc2ccccc2)c1. The van der Waals surface area contributed by atoms with E-state index in [1.165, 1.54) is 29.5 Å². The maximum Gasteiger partial charge on any atom is 0.269 e. The lowest BCUT2D eigenvalue weighted by atomic mass is 10.1. The molecule has 1 amide bonds. The van der Waals surface area contributed by atoms with E-state index in [0.717, 1.165) is 17.9 Å². The number of non-ortho nitro benzene ring substituents is 1. The quantitative estimate of drug-likeness (QED) is 0.364. The molecule has 0 saturated carbocycles. The van der Waals surface area contributed by atoms with Gasteiger partial charge in [0.05, 0.1) is 22.6 Å². The molecule has 2 aromatic carbocycles. The van der Waals surface area contributed by atoms with Gasteiger partial charge in [0.2, 0.25) is 5.91 Å². The minimum absolute atomic E-state index is 0.0340. The first-order chi connectivity index (χ1) is 13.1. The van der Waals surface area contributed by atoms with Crippen molar-refractivity contribution in [3.05, 3.63) is 82.7 Å². The van der Waals surface area contributed by atoms with E-state index in [2.05, 4.69) is 22.5 Å². The zero-order chi connectivity index (χ0) is 19.1. The zero-order valence-corrected chi connectivity index (χ0v) is 15.3. The molecule has 0 aliphatic heterocycles. The lowest BCUT2D eigenvalue weighted by molar-refractivity contribution is -0.384. The monoisotopic (exact) mass is 382 g/mol. The summed E-state index contributed by atoms with van der Waals surface area (Å²) in [6.07, 6.45) is 4.29. The fourth-order valence-corrected chi connectivity index (χ4v) is 3.15. The maximum absolute atomic E-state index is 12.1. The van der Waals surface area contributed by atoms with Crippen LogP contribution in [0.15, 0.2) is 71.9 Å². The molecule has 0 unspecified atom stereocenters. The van der Waals surface area contributed by atoms with Gasteiger partial charge in [0.1, 0.15) is 0 Å². The normalized spacial score (nSPS) is 10.5. The molecule has 1 N–H and O–H groups in total. The number of hydrogen-bond acceptors (Lipinski definition) is 5. The molecule has 0 fully saturated rings. The molecule has 1 aromatic heterocycles. The number of nitrogens with zero attached hydrogens (tertiary/aromatic N) is 3. The highest BCUT2D eigenvalue weighted by atomic mass is 32.2. The largest absolute Gasteiger partial charge is 0.323 e. The first-order valence-electron chi connectivity index (χ1n) is 8.33. The summed E-state index contributed by atoms with van der Waals surface area (Å²) >= 11 is 1.32. The van der Waals surface area contributed by atoms with Crippen molar-refractivity contribution in [1.29, 1.82) is 0 Å². The molecule has 0 bridgehead atoms. The summed E-state index contributed by atoms with van der Waals surface area (Å²) in [5.74, 6) is 0.0634. The van der Waals surface area contributed by atoms with Crippen molar-refractivity contribution < 1.29 is 9.72 Å². The lowest BCUT2D eigenvalue weighted by Crippen LogP contribution is -2.13. The first kappa shape index (κ1) is 18.7. The number of aromatic nitrogens is 2. The zero-order valence-electron chi connectivity index (χ0n) is 14.4. The van der Waals surface area contributed by atoms with E-state index in [1.807, 2.05) is 18.2 Å². The molecule has 3 rings (SSSR count). The number of nitro groups is 1. The maximum atomic E-state index is 12.1. The van der Waals surface area contributed by atoms with Crippen molar-refractivity contribution in [2.45, 2.75) is 17.9 Å². The number of thioether (sulfide) groups is 1. The Morgan fingerprint density at radius 2 is 1.89 bits per heavy atom. The molecule has 0 aliphatic rings. The Balaban J connectivity index is 1.45. The molecular formula is C19H18N4O3S. The van der Waals surface area contributed by atoms with Crippen LogP contribution >= 0.6 is 11.8 Å². The highest BCUT2D eigenvalue weighted by molar-refractivity contribution is 8.00. The van der Waals surface area contributed by atoms with Gasteiger partial charge in [0.15, 0.2) is 0 Å². The number of nitro benzene ring substituents is 1. The average Bonchev–Trinajstić information content (AvgIpc) is 3.13. The number of rotatable bonds is 8. The molecular weight excluding hydrogens is 364 g/mol. The van der Waals surface area contributed by atoms with Crippen molar-refractivity contribution in [1.82, 2.24) is 9.78 Å². The van der Waals surface area contributed by atoms with Gasteiger partial charge in [-0.3, -0.25) is 19.6 Å². The van der Waals surface area contributed by atoms with Gasteiger partial charge in [-0.05, 0) is 24.1 Å². The molecule has 0 aliphatic carbocycles. The summed E-state index contributed by atoms with van der Waals surface area (Å²) in [5, 5.41) is 17.7. The van der Waals surface area contributed by atoms with Crippen molar-refractivity contribution in [2.24, 2.45) is 0 Å². The van der Waals surface area contributed by atoms with Gasteiger partial charge >= 0.3 is 0 Å². The van der Waals surface area contributed by atoms with Crippen LogP contribution in [0.3, 0.4) is 0 Å². The van der Waals surface area contributed by atoms with Crippen molar-refractivity contribution in [2.75, 3.05) is 11.1 Å². The first-order valence-corrected chi connectivity index (χ1v) is 9.32. The molecule has 3 aromatic rings. The second-order valence-corrected chi connectivity index (χ2v) is 6.86. The van der Waals surface area contributed by atoms with E-state index >= 15 is 0 Å². The molecule has 0 atom stereocenters. The fraction of sp³-hybridized carbons (Fsp3) is 0.158. The molecule has 0 radical (unpaired) electrons. The van der Waals surface area contributed by atoms with Crippen LogP contribution < -0.4 is 5.32 Å². The smallest absolute Gasteiger partial charge is 0.269 e. The summed E-state index contributed by atoms with van der Waals surface area (Å²) in [7, 11) is 0. The van der Waals surface area contributed by atoms with Crippen LogP contribution in [0.25, 0.3) is 0 Å². The van der Waals surface area contributed by atoms with E-state index in [0.29, 0.717) is 5.69 Å². The Morgan fingerprint density at radius 3 is 2.59 bits per heavy atom. The Bertz CT molecular complexity index is 910. The highest BCUT2D eigenvalue weighted by Crippen LogP contribution is 2.21. The topological polar surface area (TPSA) is 90.1 Å². The molecule has 138 valence electrons. The van der Waals surface area contributed by atoms with E-state index < -0.39 is 4.92 Å². The van der Waals surface area contributed by atoms with Gasteiger partial charge in [0, 0.05) is 29.8 Å². The second kappa shape index (κ2) is 9.00. The summed E-state index contributed by atoms with van der Waals surface area (Å²) in [6, 6.07) is 16.3. The van der Waals surface area contributed by atoms with E-state index in [9.17, 15) is 14.9 Å².